The molecule has 0 aliphatic carbocycles. The lowest BCUT2D eigenvalue weighted by molar-refractivity contribution is 0.0971. The first-order valence-electron chi connectivity index (χ1n) is 11.1. The Kier molecular flexibility index (Phi) is 5.96. The van der Waals surface area contributed by atoms with Gasteiger partial charge in [0, 0.05) is 10.2 Å². The summed E-state index contributed by atoms with van der Waals surface area (Å²) in [5.74, 6) is -0.363. The predicted molar refractivity (Wildman–Crippen MR) is 132 cm³/mol. The van der Waals surface area contributed by atoms with Crippen LogP contribution in [0.5, 0.6) is 5.75 Å². The normalized spacial score (nSPS) is 15.1. The quantitative estimate of drug-likeness (QED) is 0.267. The summed E-state index contributed by atoms with van der Waals surface area (Å²) in [6, 6.07) is 17.6. The molecule has 2 heterocycles. The number of fused-ring (bicyclic) bond motifs is 2. The van der Waals surface area contributed by atoms with Gasteiger partial charge in [-0.15, -0.1) is 0 Å². The van der Waals surface area contributed by atoms with Crippen molar-refractivity contribution in [3.05, 3.63) is 104 Å². The maximum absolute atomic E-state index is 14.0. The fraction of sp³-hybridized carbons (Fsp3) is 0.185. The molecule has 1 aromatic heterocycles. The molecule has 0 spiro atoms. The highest BCUT2D eigenvalue weighted by Gasteiger charge is 2.43. The van der Waals surface area contributed by atoms with Gasteiger partial charge in [0.15, 0.2) is 5.43 Å². The van der Waals surface area contributed by atoms with E-state index in [0.29, 0.717) is 23.6 Å². The molecular weight excluding hydrogens is 501 g/mol. The van der Waals surface area contributed by atoms with Crippen molar-refractivity contribution in [3.8, 4) is 5.75 Å². The highest BCUT2D eigenvalue weighted by atomic mass is 79.9. The van der Waals surface area contributed by atoms with E-state index in [9.17, 15) is 14.0 Å². The Hall–Kier alpha value is -3.45. The number of rotatable bonds is 6. The molecule has 7 heteroatoms. The maximum Gasteiger partial charge on any atom is 0.295 e. The Morgan fingerprint density at radius 1 is 1.06 bits per heavy atom. The van der Waals surface area contributed by atoms with Crippen LogP contribution in [0.15, 0.2) is 80.4 Å². The molecule has 5 rings (SSSR count). The number of benzene rings is 3. The molecule has 1 aliphatic heterocycles. The van der Waals surface area contributed by atoms with Crippen LogP contribution in [-0.4, -0.2) is 12.5 Å². The Labute approximate surface area is 203 Å². The zero-order valence-corrected chi connectivity index (χ0v) is 20.0. The molecule has 1 unspecified atom stereocenters. The van der Waals surface area contributed by atoms with E-state index in [1.54, 1.807) is 11.0 Å². The van der Waals surface area contributed by atoms with Gasteiger partial charge < -0.3 is 9.15 Å². The number of ether oxygens (including phenoxy) is 1. The first-order valence-corrected chi connectivity index (χ1v) is 11.9. The van der Waals surface area contributed by atoms with E-state index in [-0.39, 0.29) is 22.3 Å². The second-order valence-electron chi connectivity index (χ2n) is 8.15. The molecule has 4 aromatic rings. The van der Waals surface area contributed by atoms with Crippen LogP contribution in [0, 0.1) is 5.82 Å². The fourth-order valence-corrected chi connectivity index (χ4v) is 4.65. The molecule has 1 aliphatic rings. The van der Waals surface area contributed by atoms with Crippen molar-refractivity contribution in [1.29, 1.82) is 0 Å². The van der Waals surface area contributed by atoms with Gasteiger partial charge in [-0.3, -0.25) is 14.5 Å². The second kappa shape index (κ2) is 9.06. The summed E-state index contributed by atoms with van der Waals surface area (Å²) in [6.45, 7) is 2.66. The molecule has 1 atom stereocenters. The number of amides is 1. The molecule has 0 fully saturated rings. The summed E-state index contributed by atoms with van der Waals surface area (Å²) in [5, 5.41) is 0.1000. The van der Waals surface area contributed by atoms with Gasteiger partial charge >= 0.3 is 0 Å². The topological polar surface area (TPSA) is 59.8 Å². The summed E-state index contributed by atoms with van der Waals surface area (Å²) in [4.78, 5) is 28.8. The Bertz CT molecular complexity index is 1460. The second-order valence-corrected chi connectivity index (χ2v) is 9.06. The third kappa shape index (κ3) is 3.90. The fourth-order valence-electron chi connectivity index (χ4n) is 4.26. The predicted octanol–water partition coefficient (Wildman–Crippen LogP) is 6.62. The standard InChI is InChI=1S/C27H21BrFNO4/c1-2-3-12-33-20-9-4-6-16(13-20)24-23-25(31)21-15-18(29)10-11-22(21)34-26(23)27(32)30(24)19-8-5-7-17(28)14-19/h4-11,13-15,24H,2-3,12H2,1H3. The van der Waals surface area contributed by atoms with E-state index in [1.165, 1.54) is 12.1 Å². The third-order valence-corrected chi connectivity index (χ3v) is 6.35. The van der Waals surface area contributed by atoms with Crippen molar-refractivity contribution >= 4 is 38.5 Å². The lowest BCUT2D eigenvalue weighted by atomic mass is 9.98. The van der Waals surface area contributed by atoms with E-state index < -0.39 is 23.2 Å². The number of nitrogens with zero attached hydrogens (tertiary/aromatic N) is 1. The van der Waals surface area contributed by atoms with Gasteiger partial charge in [0.05, 0.1) is 23.6 Å². The van der Waals surface area contributed by atoms with Crippen LogP contribution in [0.1, 0.15) is 47.5 Å². The summed E-state index contributed by atoms with van der Waals surface area (Å²) in [6.07, 6.45) is 1.92. The minimum Gasteiger partial charge on any atom is -0.494 e. The SMILES string of the molecule is CCCCOc1cccc(C2c3c(oc4ccc(F)cc4c3=O)C(=O)N2c2cccc(Br)c2)c1. The van der Waals surface area contributed by atoms with Crippen molar-refractivity contribution in [2.45, 2.75) is 25.8 Å². The molecule has 172 valence electrons. The van der Waals surface area contributed by atoms with Crippen LogP contribution in [0.2, 0.25) is 0 Å². The van der Waals surface area contributed by atoms with E-state index in [4.69, 9.17) is 9.15 Å². The highest BCUT2D eigenvalue weighted by Crippen LogP contribution is 2.42. The number of carbonyl (C=O) groups is 1. The van der Waals surface area contributed by atoms with Crippen molar-refractivity contribution in [2.75, 3.05) is 11.5 Å². The minimum absolute atomic E-state index is 0.0358. The first kappa shape index (κ1) is 22.3. The van der Waals surface area contributed by atoms with E-state index in [0.717, 1.165) is 23.4 Å². The smallest absolute Gasteiger partial charge is 0.295 e. The van der Waals surface area contributed by atoms with Crippen molar-refractivity contribution < 1.29 is 18.3 Å². The Morgan fingerprint density at radius 3 is 2.68 bits per heavy atom. The first-order chi connectivity index (χ1) is 16.5. The van der Waals surface area contributed by atoms with Gasteiger partial charge in [0.1, 0.15) is 17.1 Å². The van der Waals surface area contributed by atoms with Gasteiger partial charge in [-0.05, 0) is 60.5 Å². The number of anilines is 1. The number of hydrogen-bond donors (Lipinski definition) is 0. The van der Waals surface area contributed by atoms with Crippen LogP contribution in [0.3, 0.4) is 0 Å². The molecule has 0 saturated carbocycles. The molecular formula is C27H21BrFNO4. The van der Waals surface area contributed by atoms with E-state index in [2.05, 4.69) is 22.9 Å². The van der Waals surface area contributed by atoms with Crippen LogP contribution in [0.4, 0.5) is 10.1 Å². The zero-order chi connectivity index (χ0) is 23.8. The average Bonchev–Trinajstić information content (AvgIpc) is 3.12. The minimum atomic E-state index is -0.754. The summed E-state index contributed by atoms with van der Waals surface area (Å²) >= 11 is 3.46. The van der Waals surface area contributed by atoms with Crippen molar-refractivity contribution in [3.63, 3.8) is 0 Å². The number of unbranched alkanes of at least 4 members (excludes halogenated alkanes) is 1. The monoisotopic (exact) mass is 521 g/mol. The molecule has 5 nitrogen and oxygen atoms in total. The van der Waals surface area contributed by atoms with Gasteiger partial charge in [-0.2, -0.15) is 0 Å². The van der Waals surface area contributed by atoms with E-state index in [1.807, 2.05) is 42.5 Å². The summed E-state index contributed by atoms with van der Waals surface area (Å²) in [7, 11) is 0. The lowest BCUT2D eigenvalue weighted by Gasteiger charge is -2.25. The number of hydrogen-bond acceptors (Lipinski definition) is 4. The van der Waals surface area contributed by atoms with Crippen molar-refractivity contribution in [2.24, 2.45) is 0 Å². The Balaban J connectivity index is 1.72. The van der Waals surface area contributed by atoms with Crippen LogP contribution in [0.25, 0.3) is 11.0 Å². The number of halogens is 2. The van der Waals surface area contributed by atoms with Crippen molar-refractivity contribution in [1.82, 2.24) is 0 Å². The van der Waals surface area contributed by atoms with Crippen LogP contribution >= 0.6 is 15.9 Å². The maximum atomic E-state index is 14.0. The third-order valence-electron chi connectivity index (χ3n) is 5.86. The summed E-state index contributed by atoms with van der Waals surface area (Å²) < 4.78 is 26.5. The molecule has 0 radical (unpaired) electrons. The number of carbonyl (C=O) groups excluding carboxylic acids is 1. The largest absolute Gasteiger partial charge is 0.494 e. The zero-order valence-electron chi connectivity index (χ0n) is 18.4. The Morgan fingerprint density at radius 2 is 1.88 bits per heavy atom. The average molecular weight is 522 g/mol. The van der Waals surface area contributed by atoms with E-state index >= 15 is 0 Å². The van der Waals surface area contributed by atoms with Gasteiger partial charge in [-0.1, -0.05) is 47.5 Å². The summed E-state index contributed by atoms with van der Waals surface area (Å²) in [5.41, 5.74) is 1.23. The molecule has 0 N–H and O–H groups in total. The molecule has 3 aromatic carbocycles. The van der Waals surface area contributed by atoms with Gasteiger partial charge in [0.2, 0.25) is 5.76 Å². The lowest BCUT2D eigenvalue weighted by Crippen LogP contribution is -2.29. The highest BCUT2D eigenvalue weighted by molar-refractivity contribution is 9.10. The van der Waals surface area contributed by atoms with Crippen LogP contribution in [-0.2, 0) is 0 Å². The molecule has 0 bridgehead atoms. The molecule has 34 heavy (non-hydrogen) atoms. The molecule has 1 amide bonds. The van der Waals surface area contributed by atoms with Gasteiger partial charge in [0.25, 0.3) is 5.91 Å². The van der Waals surface area contributed by atoms with Crippen LogP contribution < -0.4 is 15.1 Å². The van der Waals surface area contributed by atoms with Gasteiger partial charge in [-0.25, -0.2) is 4.39 Å². The molecule has 0 saturated heterocycles.